The largest absolute Gasteiger partial charge is 0.418 e. The molecule has 0 spiro atoms. The zero-order valence-electron chi connectivity index (χ0n) is 12.6. The summed E-state index contributed by atoms with van der Waals surface area (Å²) in [5.41, 5.74) is -1.54. The van der Waals surface area contributed by atoms with E-state index in [9.17, 15) is 22.8 Å². The smallest absolute Gasteiger partial charge is 0.355 e. The molecule has 0 bridgehead atoms. The number of halogens is 3. The third-order valence-electron chi connectivity index (χ3n) is 3.32. The van der Waals surface area contributed by atoms with Crippen molar-refractivity contribution in [2.24, 2.45) is 0 Å². The number of likely N-dealkylation sites (N-methyl/N-ethyl adjacent to an activating group) is 1. The summed E-state index contributed by atoms with van der Waals surface area (Å²) < 4.78 is 38.0. The summed E-state index contributed by atoms with van der Waals surface area (Å²) in [6.45, 7) is 6.83. The van der Waals surface area contributed by atoms with Gasteiger partial charge in [0, 0.05) is 18.8 Å². The van der Waals surface area contributed by atoms with Crippen LogP contribution in [0.1, 0.15) is 35.6 Å². The van der Waals surface area contributed by atoms with Gasteiger partial charge in [-0.25, -0.2) is 0 Å². The van der Waals surface area contributed by atoms with Crippen LogP contribution in [0.25, 0.3) is 0 Å². The lowest BCUT2D eigenvalue weighted by atomic mass is 10.2. The van der Waals surface area contributed by atoms with Crippen molar-refractivity contribution in [1.82, 2.24) is 15.2 Å². The molecule has 22 heavy (non-hydrogen) atoms. The molecular weight excluding hydrogens is 299 g/mol. The van der Waals surface area contributed by atoms with E-state index in [0.29, 0.717) is 13.1 Å². The lowest BCUT2D eigenvalue weighted by Crippen LogP contribution is -2.35. The van der Waals surface area contributed by atoms with Crippen molar-refractivity contribution in [2.45, 2.75) is 26.4 Å². The molecule has 0 unspecified atom stereocenters. The number of alkyl halides is 3. The molecule has 0 fully saturated rings. The van der Waals surface area contributed by atoms with Gasteiger partial charge in [0.05, 0.1) is 17.7 Å². The van der Waals surface area contributed by atoms with Crippen molar-refractivity contribution in [3.63, 3.8) is 0 Å². The number of rotatable bonds is 8. The minimum atomic E-state index is -4.62. The Labute approximate surface area is 126 Å². The monoisotopic (exact) mass is 319 g/mol. The highest BCUT2D eigenvalue weighted by molar-refractivity contribution is 5.80. The van der Waals surface area contributed by atoms with Gasteiger partial charge >= 0.3 is 6.18 Å². The van der Waals surface area contributed by atoms with Gasteiger partial charge in [0.2, 0.25) is 5.91 Å². The van der Waals surface area contributed by atoms with Crippen LogP contribution in [0.3, 0.4) is 0 Å². The maximum atomic E-state index is 12.7. The topological polar surface area (TPSA) is 65.2 Å². The molecule has 1 aromatic heterocycles. The quantitative estimate of drug-likeness (QED) is 0.719. The van der Waals surface area contributed by atoms with Crippen molar-refractivity contribution in [3.8, 4) is 0 Å². The minimum Gasteiger partial charge on any atom is -0.355 e. The van der Waals surface area contributed by atoms with Crippen LogP contribution in [-0.2, 0) is 17.4 Å². The second-order valence-corrected chi connectivity index (χ2v) is 4.79. The highest BCUT2D eigenvalue weighted by Gasteiger charge is 2.35. The molecule has 0 atom stereocenters. The van der Waals surface area contributed by atoms with Gasteiger partial charge in [-0.3, -0.25) is 9.59 Å². The molecule has 0 aliphatic heterocycles. The van der Waals surface area contributed by atoms with E-state index < -0.39 is 17.4 Å². The van der Waals surface area contributed by atoms with E-state index in [2.05, 4.69) is 15.2 Å². The second kappa shape index (κ2) is 7.98. The summed E-state index contributed by atoms with van der Waals surface area (Å²) in [6.07, 6.45) is -4.75. The standard InChI is InChI=1S/C14H20F3N3O2/c1-3-20(4-2)6-5-18-13(22)8-10-7-11(14(15,16)17)12(9-21)19-10/h7,9,19H,3-6,8H2,1-2H3,(H,18,22). The molecule has 0 aliphatic carbocycles. The molecule has 0 aliphatic rings. The van der Waals surface area contributed by atoms with Crippen molar-refractivity contribution in [3.05, 3.63) is 23.0 Å². The molecule has 8 heteroatoms. The molecule has 5 nitrogen and oxygen atoms in total. The van der Waals surface area contributed by atoms with Gasteiger partial charge in [0.15, 0.2) is 6.29 Å². The maximum Gasteiger partial charge on any atom is 0.418 e. The molecule has 1 aromatic rings. The first-order valence-corrected chi connectivity index (χ1v) is 7.05. The predicted molar refractivity (Wildman–Crippen MR) is 75.7 cm³/mol. The normalized spacial score (nSPS) is 11.7. The lowest BCUT2D eigenvalue weighted by Gasteiger charge is -2.17. The number of H-pyrrole nitrogens is 1. The highest BCUT2D eigenvalue weighted by Crippen LogP contribution is 2.32. The third-order valence-corrected chi connectivity index (χ3v) is 3.32. The summed E-state index contributed by atoms with van der Waals surface area (Å²) in [6, 6.07) is 0.799. The van der Waals surface area contributed by atoms with Crippen LogP contribution in [-0.4, -0.2) is 48.3 Å². The number of aldehydes is 1. The van der Waals surface area contributed by atoms with Crippen LogP contribution in [0, 0.1) is 0 Å². The predicted octanol–water partition coefficient (Wildman–Crippen LogP) is 1.85. The fourth-order valence-corrected chi connectivity index (χ4v) is 2.08. The van der Waals surface area contributed by atoms with E-state index in [4.69, 9.17) is 0 Å². The zero-order chi connectivity index (χ0) is 16.8. The van der Waals surface area contributed by atoms with E-state index in [1.54, 1.807) is 0 Å². The van der Waals surface area contributed by atoms with Crippen LogP contribution < -0.4 is 5.32 Å². The Balaban J connectivity index is 2.58. The molecular formula is C14H20F3N3O2. The molecule has 0 saturated carbocycles. The summed E-state index contributed by atoms with van der Waals surface area (Å²) in [4.78, 5) is 26.8. The van der Waals surface area contributed by atoms with Crippen molar-refractivity contribution in [2.75, 3.05) is 26.2 Å². The number of carbonyl (C=O) groups excluding carboxylic acids is 2. The van der Waals surface area contributed by atoms with Crippen molar-refractivity contribution >= 4 is 12.2 Å². The molecule has 1 rings (SSSR count). The number of nitrogens with one attached hydrogen (secondary N) is 2. The van der Waals surface area contributed by atoms with Crippen LogP contribution in [0.5, 0.6) is 0 Å². The van der Waals surface area contributed by atoms with E-state index in [-0.39, 0.29) is 24.3 Å². The molecule has 0 aromatic carbocycles. The molecule has 1 amide bonds. The number of aromatic nitrogens is 1. The van der Waals surface area contributed by atoms with Gasteiger partial charge in [0.25, 0.3) is 0 Å². The summed E-state index contributed by atoms with van der Waals surface area (Å²) >= 11 is 0. The van der Waals surface area contributed by atoms with Crippen LogP contribution in [0.2, 0.25) is 0 Å². The number of aromatic amines is 1. The van der Waals surface area contributed by atoms with E-state index in [0.717, 1.165) is 19.2 Å². The summed E-state index contributed by atoms with van der Waals surface area (Å²) in [5, 5.41) is 2.65. The fourth-order valence-electron chi connectivity index (χ4n) is 2.08. The number of carbonyl (C=O) groups is 2. The van der Waals surface area contributed by atoms with Crippen molar-refractivity contribution in [1.29, 1.82) is 0 Å². The highest BCUT2D eigenvalue weighted by atomic mass is 19.4. The van der Waals surface area contributed by atoms with Gasteiger partial charge in [-0.15, -0.1) is 0 Å². The van der Waals surface area contributed by atoms with Gasteiger partial charge in [-0.2, -0.15) is 13.2 Å². The molecule has 124 valence electrons. The fraction of sp³-hybridized carbons (Fsp3) is 0.571. The van der Waals surface area contributed by atoms with Gasteiger partial charge in [-0.1, -0.05) is 13.8 Å². The second-order valence-electron chi connectivity index (χ2n) is 4.79. The first-order chi connectivity index (χ1) is 10.3. The lowest BCUT2D eigenvalue weighted by molar-refractivity contribution is -0.137. The molecule has 2 N–H and O–H groups in total. The summed E-state index contributed by atoms with van der Waals surface area (Å²) in [7, 11) is 0. The van der Waals surface area contributed by atoms with E-state index in [1.165, 1.54) is 0 Å². The number of nitrogens with zero attached hydrogens (tertiary/aromatic N) is 1. The Morgan fingerprint density at radius 2 is 2.00 bits per heavy atom. The van der Waals surface area contributed by atoms with Gasteiger partial charge in [-0.05, 0) is 19.2 Å². The average molecular weight is 319 g/mol. The Kier molecular flexibility index (Phi) is 6.61. The van der Waals surface area contributed by atoms with Crippen LogP contribution >= 0.6 is 0 Å². The first-order valence-electron chi connectivity index (χ1n) is 7.05. The van der Waals surface area contributed by atoms with Gasteiger partial charge < -0.3 is 15.2 Å². The first kappa shape index (κ1) is 18.2. The van der Waals surface area contributed by atoms with E-state index in [1.807, 2.05) is 13.8 Å². The number of hydrogen-bond acceptors (Lipinski definition) is 3. The third kappa shape index (κ3) is 5.18. The Morgan fingerprint density at radius 1 is 1.36 bits per heavy atom. The Bertz CT molecular complexity index is 508. The summed E-state index contributed by atoms with van der Waals surface area (Å²) in [5.74, 6) is -0.389. The molecule has 0 saturated heterocycles. The van der Waals surface area contributed by atoms with Gasteiger partial charge in [0.1, 0.15) is 0 Å². The number of hydrogen-bond donors (Lipinski definition) is 2. The molecule has 0 radical (unpaired) electrons. The van der Waals surface area contributed by atoms with Crippen LogP contribution in [0.4, 0.5) is 13.2 Å². The SMILES string of the molecule is CCN(CC)CCNC(=O)Cc1cc(C(F)(F)F)c(C=O)[nH]1. The average Bonchev–Trinajstić information content (AvgIpc) is 2.86. The Hall–Kier alpha value is -1.83. The maximum absolute atomic E-state index is 12.7. The number of amides is 1. The minimum absolute atomic E-state index is 0.0646. The van der Waals surface area contributed by atoms with Crippen molar-refractivity contribution < 1.29 is 22.8 Å². The van der Waals surface area contributed by atoms with Crippen LogP contribution in [0.15, 0.2) is 6.07 Å². The van der Waals surface area contributed by atoms with E-state index >= 15 is 0 Å². The zero-order valence-corrected chi connectivity index (χ0v) is 12.6. The Morgan fingerprint density at radius 3 is 2.45 bits per heavy atom. The molecule has 1 heterocycles.